The van der Waals surface area contributed by atoms with Gasteiger partial charge in [0.2, 0.25) is 0 Å². The number of anilines is 2. The predicted octanol–water partition coefficient (Wildman–Crippen LogP) is 3.26. The zero-order valence-corrected chi connectivity index (χ0v) is 14.5. The van der Waals surface area contributed by atoms with Crippen molar-refractivity contribution in [2.24, 2.45) is 0 Å². The largest absolute Gasteiger partial charge is 0.355 e. The number of carbonyl (C=O) groups excluding carboxylic acids is 1. The van der Waals surface area contributed by atoms with Crippen LogP contribution in [0.1, 0.15) is 17.4 Å². The van der Waals surface area contributed by atoms with Crippen molar-refractivity contribution >= 4 is 28.9 Å². The molecule has 1 amide bonds. The van der Waals surface area contributed by atoms with Crippen LogP contribution in [0.3, 0.4) is 0 Å². The molecule has 0 unspecified atom stereocenters. The number of benzene rings is 1. The topological polar surface area (TPSA) is 48.5 Å². The van der Waals surface area contributed by atoms with Crippen LogP contribution in [-0.4, -0.2) is 53.4 Å². The van der Waals surface area contributed by atoms with Crippen molar-refractivity contribution in [2.75, 3.05) is 38.0 Å². The Bertz CT molecular complexity index is 696. The van der Waals surface area contributed by atoms with Crippen LogP contribution >= 0.6 is 11.6 Å². The molecule has 2 aromatic rings. The SMILES string of the molecule is CCN1CCN(C(=O)c2cc(Nc3ccc(Cl)cc3)ccn2)CC1. The molecular formula is C18H21ClN4O. The van der Waals surface area contributed by atoms with Gasteiger partial charge < -0.3 is 15.1 Å². The minimum absolute atomic E-state index is 0.00879. The fourth-order valence-corrected chi connectivity index (χ4v) is 2.88. The number of nitrogens with one attached hydrogen (secondary N) is 1. The van der Waals surface area contributed by atoms with Crippen molar-refractivity contribution in [3.05, 3.63) is 53.3 Å². The summed E-state index contributed by atoms with van der Waals surface area (Å²) in [6.07, 6.45) is 1.66. The summed E-state index contributed by atoms with van der Waals surface area (Å²) in [7, 11) is 0. The lowest BCUT2D eigenvalue weighted by Gasteiger charge is -2.33. The van der Waals surface area contributed by atoms with Gasteiger partial charge in [-0.05, 0) is 42.9 Å². The minimum atomic E-state index is -0.00879. The first-order valence-corrected chi connectivity index (χ1v) is 8.54. The third-order valence-electron chi connectivity index (χ3n) is 4.22. The molecule has 24 heavy (non-hydrogen) atoms. The summed E-state index contributed by atoms with van der Waals surface area (Å²) in [6, 6.07) is 11.1. The number of hydrogen-bond donors (Lipinski definition) is 1. The molecule has 1 saturated heterocycles. The molecule has 1 aromatic carbocycles. The van der Waals surface area contributed by atoms with Gasteiger partial charge in [0.15, 0.2) is 0 Å². The Morgan fingerprint density at radius 3 is 2.50 bits per heavy atom. The second kappa shape index (κ2) is 7.64. The van der Waals surface area contributed by atoms with Crippen LogP contribution < -0.4 is 5.32 Å². The highest BCUT2D eigenvalue weighted by molar-refractivity contribution is 6.30. The van der Waals surface area contributed by atoms with Gasteiger partial charge in [-0.15, -0.1) is 0 Å². The van der Waals surface area contributed by atoms with Crippen molar-refractivity contribution < 1.29 is 4.79 Å². The maximum Gasteiger partial charge on any atom is 0.272 e. The molecule has 2 heterocycles. The number of nitrogens with zero attached hydrogens (tertiary/aromatic N) is 3. The monoisotopic (exact) mass is 344 g/mol. The van der Waals surface area contributed by atoms with E-state index in [1.165, 1.54) is 0 Å². The average molecular weight is 345 g/mol. The fourth-order valence-electron chi connectivity index (χ4n) is 2.75. The maximum atomic E-state index is 12.6. The molecule has 1 aliphatic rings. The first kappa shape index (κ1) is 16.7. The molecule has 5 nitrogen and oxygen atoms in total. The van der Waals surface area contributed by atoms with E-state index < -0.39 is 0 Å². The Morgan fingerprint density at radius 1 is 1.12 bits per heavy atom. The zero-order valence-electron chi connectivity index (χ0n) is 13.7. The molecule has 6 heteroatoms. The lowest BCUT2D eigenvalue weighted by molar-refractivity contribution is 0.0637. The van der Waals surface area contributed by atoms with E-state index in [0.717, 1.165) is 44.1 Å². The molecule has 1 aliphatic heterocycles. The zero-order chi connectivity index (χ0) is 16.9. The molecule has 0 saturated carbocycles. The van der Waals surface area contributed by atoms with Crippen LogP contribution in [0.4, 0.5) is 11.4 Å². The van der Waals surface area contributed by atoms with Crippen LogP contribution in [0.15, 0.2) is 42.6 Å². The molecule has 0 atom stereocenters. The highest BCUT2D eigenvalue weighted by Crippen LogP contribution is 2.19. The molecule has 1 aromatic heterocycles. The van der Waals surface area contributed by atoms with Gasteiger partial charge in [0, 0.05) is 48.8 Å². The lowest BCUT2D eigenvalue weighted by Crippen LogP contribution is -2.48. The normalized spacial score (nSPS) is 15.3. The van der Waals surface area contributed by atoms with E-state index >= 15 is 0 Å². The Balaban J connectivity index is 1.68. The first-order valence-electron chi connectivity index (χ1n) is 8.16. The van der Waals surface area contributed by atoms with Gasteiger partial charge in [-0.25, -0.2) is 0 Å². The molecule has 126 valence electrons. The van der Waals surface area contributed by atoms with Gasteiger partial charge in [-0.1, -0.05) is 18.5 Å². The minimum Gasteiger partial charge on any atom is -0.355 e. The molecule has 0 radical (unpaired) electrons. The summed E-state index contributed by atoms with van der Waals surface area (Å²) in [5.41, 5.74) is 2.22. The van der Waals surface area contributed by atoms with Crippen molar-refractivity contribution in [3.63, 3.8) is 0 Å². The van der Waals surface area contributed by atoms with Gasteiger partial charge in [0.25, 0.3) is 5.91 Å². The second-order valence-corrected chi connectivity index (χ2v) is 6.22. The molecule has 3 rings (SSSR count). The van der Waals surface area contributed by atoms with E-state index in [1.54, 1.807) is 12.3 Å². The Hall–Kier alpha value is -2.11. The van der Waals surface area contributed by atoms with Crippen molar-refractivity contribution in [1.82, 2.24) is 14.8 Å². The number of piperazine rings is 1. The Kier molecular flexibility index (Phi) is 5.33. The summed E-state index contributed by atoms with van der Waals surface area (Å²) in [5, 5.41) is 3.96. The van der Waals surface area contributed by atoms with Gasteiger partial charge >= 0.3 is 0 Å². The van der Waals surface area contributed by atoms with E-state index in [9.17, 15) is 4.79 Å². The van der Waals surface area contributed by atoms with Crippen LogP contribution in [0.5, 0.6) is 0 Å². The number of aromatic nitrogens is 1. The van der Waals surface area contributed by atoms with Gasteiger partial charge in [-0.2, -0.15) is 0 Å². The number of hydrogen-bond acceptors (Lipinski definition) is 4. The van der Waals surface area contributed by atoms with Crippen molar-refractivity contribution in [1.29, 1.82) is 0 Å². The Labute approximate surface area is 147 Å². The number of halogens is 1. The van der Waals surface area contributed by atoms with E-state index in [1.807, 2.05) is 35.2 Å². The molecule has 0 spiro atoms. The van der Waals surface area contributed by atoms with E-state index in [4.69, 9.17) is 11.6 Å². The van der Waals surface area contributed by atoms with Crippen LogP contribution in [-0.2, 0) is 0 Å². The standard InChI is InChI=1S/C18H21ClN4O/c1-2-22-9-11-23(12-10-22)18(24)17-13-16(7-8-20-17)21-15-5-3-14(19)4-6-15/h3-8,13H,2,9-12H2,1H3,(H,20,21). The summed E-state index contributed by atoms with van der Waals surface area (Å²) in [6.45, 7) is 6.52. The van der Waals surface area contributed by atoms with Crippen LogP contribution in [0, 0.1) is 0 Å². The molecule has 0 bridgehead atoms. The summed E-state index contributed by atoms with van der Waals surface area (Å²) < 4.78 is 0. The molecule has 1 N–H and O–H groups in total. The molecular weight excluding hydrogens is 324 g/mol. The van der Waals surface area contributed by atoms with Gasteiger partial charge in [0.05, 0.1) is 0 Å². The van der Waals surface area contributed by atoms with Crippen LogP contribution in [0.25, 0.3) is 0 Å². The number of carbonyl (C=O) groups is 1. The highest BCUT2D eigenvalue weighted by atomic mass is 35.5. The summed E-state index contributed by atoms with van der Waals surface area (Å²) in [4.78, 5) is 21.1. The van der Waals surface area contributed by atoms with E-state index in [-0.39, 0.29) is 5.91 Å². The third-order valence-corrected chi connectivity index (χ3v) is 4.47. The number of likely N-dealkylation sites (N-methyl/N-ethyl adjacent to an activating group) is 1. The smallest absolute Gasteiger partial charge is 0.272 e. The highest BCUT2D eigenvalue weighted by Gasteiger charge is 2.22. The fraction of sp³-hybridized carbons (Fsp3) is 0.333. The van der Waals surface area contributed by atoms with Crippen molar-refractivity contribution in [3.8, 4) is 0 Å². The number of amides is 1. The molecule has 0 aliphatic carbocycles. The van der Waals surface area contributed by atoms with E-state index in [0.29, 0.717) is 10.7 Å². The van der Waals surface area contributed by atoms with Crippen LogP contribution in [0.2, 0.25) is 5.02 Å². The quantitative estimate of drug-likeness (QED) is 0.925. The molecule has 1 fully saturated rings. The van der Waals surface area contributed by atoms with Gasteiger partial charge in [-0.3, -0.25) is 9.78 Å². The average Bonchev–Trinajstić information content (AvgIpc) is 2.63. The summed E-state index contributed by atoms with van der Waals surface area (Å²) >= 11 is 5.90. The van der Waals surface area contributed by atoms with Gasteiger partial charge in [0.1, 0.15) is 5.69 Å². The lowest BCUT2D eigenvalue weighted by atomic mass is 10.2. The predicted molar refractivity (Wildman–Crippen MR) is 97.0 cm³/mol. The summed E-state index contributed by atoms with van der Waals surface area (Å²) in [5.74, 6) is -0.00879. The van der Waals surface area contributed by atoms with Crippen molar-refractivity contribution in [2.45, 2.75) is 6.92 Å². The number of rotatable bonds is 4. The maximum absolute atomic E-state index is 12.6. The Morgan fingerprint density at radius 2 is 1.83 bits per heavy atom. The number of pyridine rings is 1. The second-order valence-electron chi connectivity index (χ2n) is 5.79. The first-order chi connectivity index (χ1) is 11.7. The van der Waals surface area contributed by atoms with E-state index in [2.05, 4.69) is 22.1 Å². The third kappa shape index (κ3) is 4.04.